The van der Waals surface area contributed by atoms with Gasteiger partial charge in [-0.1, -0.05) is 103 Å². The normalized spacial score (nSPS) is 11.4. The lowest BCUT2D eigenvalue weighted by Crippen LogP contribution is -2.25. The van der Waals surface area contributed by atoms with Gasteiger partial charge in [0.1, 0.15) is 5.03 Å². The third kappa shape index (κ3) is 2.96. The van der Waals surface area contributed by atoms with E-state index in [0.29, 0.717) is 0 Å². The number of rotatable bonds is 5. The minimum atomic E-state index is -0.402. The maximum absolute atomic E-state index is 4.30. The molecule has 1 aromatic heterocycles. The highest BCUT2D eigenvalue weighted by atomic mass is 32.2. The minimum absolute atomic E-state index is 0.402. The summed E-state index contributed by atoms with van der Waals surface area (Å²) in [5.74, 6) is 0. The molecule has 1 heterocycles. The summed E-state index contributed by atoms with van der Waals surface area (Å²) in [5, 5.41) is 11.9. The van der Waals surface area contributed by atoms with Crippen LogP contribution in [0.25, 0.3) is 0 Å². The Morgan fingerprint density at radius 3 is 1.44 bits per heavy atom. The molecule has 0 fully saturated rings. The van der Waals surface area contributed by atoms with Gasteiger partial charge in [0.15, 0.2) is 0 Å². The van der Waals surface area contributed by atoms with Crippen molar-refractivity contribution in [2.45, 2.75) is 9.77 Å². The molecule has 122 valence electrons. The second-order valence-corrected chi connectivity index (χ2v) is 6.92. The van der Waals surface area contributed by atoms with E-state index >= 15 is 0 Å². The zero-order chi connectivity index (χ0) is 17.0. The number of H-pyrrole nitrogens is 1. The topological polar surface area (TPSA) is 41.6 Å². The summed E-state index contributed by atoms with van der Waals surface area (Å²) in [6.07, 6.45) is 1.77. The first-order valence-corrected chi connectivity index (χ1v) is 8.92. The van der Waals surface area contributed by atoms with Crippen LogP contribution in [0.15, 0.2) is 102 Å². The molecule has 4 rings (SSSR count). The lowest BCUT2D eigenvalue weighted by molar-refractivity contribution is 0.875. The summed E-state index contributed by atoms with van der Waals surface area (Å²) < 4.78 is -0.402. The van der Waals surface area contributed by atoms with Gasteiger partial charge in [0, 0.05) is 0 Å². The first-order chi connectivity index (χ1) is 12.4. The summed E-state index contributed by atoms with van der Waals surface area (Å²) in [5.41, 5.74) is 3.63. The van der Waals surface area contributed by atoms with E-state index in [1.165, 1.54) is 16.7 Å². The van der Waals surface area contributed by atoms with Gasteiger partial charge in [-0.15, -0.1) is 5.10 Å². The highest BCUT2D eigenvalue weighted by Crippen LogP contribution is 2.50. The molecule has 0 aliphatic carbocycles. The van der Waals surface area contributed by atoms with E-state index in [2.05, 4.69) is 88.2 Å². The van der Waals surface area contributed by atoms with Crippen molar-refractivity contribution < 1.29 is 0 Å². The van der Waals surface area contributed by atoms with Crippen molar-refractivity contribution in [3.8, 4) is 0 Å². The number of hydrogen-bond acceptors (Lipinski definition) is 3. The molecule has 3 aromatic carbocycles. The Bertz CT molecular complexity index is 811. The van der Waals surface area contributed by atoms with Crippen LogP contribution in [0.3, 0.4) is 0 Å². The zero-order valence-corrected chi connectivity index (χ0v) is 14.4. The van der Waals surface area contributed by atoms with Crippen molar-refractivity contribution in [1.82, 2.24) is 15.4 Å². The minimum Gasteiger partial charge on any atom is -0.197 e. The molecule has 3 nitrogen and oxygen atoms in total. The molecule has 0 atom stereocenters. The van der Waals surface area contributed by atoms with Crippen LogP contribution in [0.2, 0.25) is 0 Å². The standard InChI is InChI=1S/C21H17N3S/c1-4-10-17(11-5-1)21(18-12-6-2-7-13-18,19-14-8-3-9-15-19)25-20-16-22-24-23-20/h1-16H,(H,22,23,24). The van der Waals surface area contributed by atoms with Gasteiger partial charge < -0.3 is 0 Å². The first kappa shape index (κ1) is 15.7. The molecule has 0 amide bonds. The van der Waals surface area contributed by atoms with Gasteiger partial charge in [-0.25, -0.2) is 0 Å². The quantitative estimate of drug-likeness (QED) is 0.414. The van der Waals surface area contributed by atoms with E-state index in [1.54, 1.807) is 18.0 Å². The highest BCUT2D eigenvalue weighted by Gasteiger charge is 2.38. The fourth-order valence-electron chi connectivity index (χ4n) is 3.09. The van der Waals surface area contributed by atoms with E-state index in [1.807, 2.05) is 18.2 Å². The second kappa shape index (κ2) is 6.95. The molecule has 0 aliphatic heterocycles. The number of aromatic nitrogens is 3. The molecular formula is C21H17N3S. The fraction of sp³-hybridized carbons (Fsp3) is 0.0476. The third-order valence-corrected chi connectivity index (χ3v) is 5.61. The number of nitrogens with zero attached hydrogens (tertiary/aromatic N) is 2. The predicted molar refractivity (Wildman–Crippen MR) is 101 cm³/mol. The lowest BCUT2D eigenvalue weighted by Gasteiger charge is -2.34. The van der Waals surface area contributed by atoms with Crippen LogP contribution >= 0.6 is 11.8 Å². The van der Waals surface area contributed by atoms with Crippen LogP contribution in [-0.4, -0.2) is 15.4 Å². The van der Waals surface area contributed by atoms with Crippen LogP contribution in [0, 0.1) is 0 Å². The number of nitrogens with one attached hydrogen (secondary N) is 1. The molecule has 0 aliphatic rings. The molecular weight excluding hydrogens is 326 g/mol. The summed E-state index contributed by atoms with van der Waals surface area (Å²) in [4.78, 5) is 0. The highest BCUT2D eigenvalue weighted by molar-refractivity contribution is 8.00. The van der Waals surface area contributed by atoms with E-state index in [9.17, 15) is 0 Å². The molecule has 0 spiro atoms. The molecule has 4 aromatic rings. The van der Waals surface area contributed by atoms with E-state index in [-0.39, 0.29) is 0 Å². The maximum atomic E-state index is 4.30. The second-order valence-electron chi connectivity index (χ2n) is 5.69. The third-order valence-electron chi connectivity index (χ3n) is 4.19. The summed E-state index contributed by atoms with van der Waals surface area (Å²) >= 11 is 1.70. The Labute approximate surface area is 151 Å². The van der Waals surface area contributed by atoms with Crippen LogP contribution in [0.1, 0.15) is 16.7 Å². The van der Waals surface area contributed by atoms with Crippen LogP contribution in [-0.2, 0) is 4.75 Å². The van der Waals surface area contributed by atoms with Gasteiger partial charge in [0.25, 0.3) is 0 Å². The summed E-state index contributed by atoms with van der Waals surface area (Å²) in [6, 6.07) is 31.7. The van der Waals surface area contributed by atoms with E-state index in [4.69, 9.17) is 0 Å². The monoisotopic (exact) mass is 343 g/mol. The molecule has 0 saturated heterocycles. The van der Waals surface area contributed by atoms with E-state index in [0.717, 1.165) is 5.03 Å². The Hall–Kier alpha value is -2.85. The van der Waals surface area contributed by atoms with Crippen LogP contribution in [0.5, 0.6) is 0 Å². The largest absolute Gasteiger partial charge is 0.197 e. The van der Waals surface area contributed by atoms with Crippen molar-refractivity contribution in [3.63, 3.8) is 0 Å². The Balaban J connectivity index is 2.01. The lowest BCUT2D eigenvalue weighted by atomic mass is 9.84. The molecule has 0 unspecified atom stereocenters. The molecule has 1 N–H and O–H groups in total. The van der Waals surface area contributed by atoms with E-state index < -0.39 is 4.75 Å². The summed E-state index contributed by atoms with van der Waals surface area (Å²) in [6.45, 7) is 0. The van der Waals surface area contributed by atoms with Gasteiger partial charge >= 0.3 is 0 Å². The number of benzene rings is 3. The Morgan fingerprint density at radius 2 is 1.08 bits per heavy atom. The molecule has 25 heavy (non-hydrogen) atoms. The van der Waals surface area contributed by atoms with Gasteiger partial charge in [-0.2, -0.15) is 10.3 Å². The fourth-order valence-corrected chi connectivity index (χ4v) is 4.36. The van der Waals surface area contributed by atoms with Crippen molar-refractivity contribution in [2.75, 3.05) is 0 Å². The molecule has 0 bridgehead atoms. The van der Waals surface area contributed by atoms with Crippen LogP contribution in [0.4, 0.5) is 0 Å². The number of aromatic amines is 1. The number of hydrogen-bond donors (Lipinski definition) is 1. The SMILES string of the molecule is c1ccc(C(Sc2cn[nH]n2)(c2ccccc2)c2ccccc2)cc1. The molecule has 0 radical (unpaired) electrons. The molecule has 0 saturated carbocycles. The van der Waals surface area contributed by atoms with Crippen molar-refractivity contribution in [1.29, 1.82) is 0 Å². The Morgan fingerprint density at radius 1 is 0.640 bits per heavy atom. The van der Waals surface area contributed by atoms with Crippen molar-refractivity contribution in [2.24, 2.45) is 0 Å². The average Bonchev–Trinajstić information content (AvgIpc) is 3.21. The van der Waals surface area contributed by atoms with Crippen LogP contribution < -0.4 is 0 Å². The van der Waals surface area contributed by atoms with Gasteiger partial charge in [0.05, 0.1) is 10.9 Å². The van der Waals surface area contributed by atoms with Crippen molar-refractivity contribution >= 4 is 11.8 Å². The van der Waals surface area contributed by atoms with Crippen molar-refractivity contribution in [3.05, 3.63) is 114 Å². The maximum Gasteiger partial charge on any atom is 0.140 e. The van der Waals surface area contributed by atoms with Gasteiger partial charge in [-0.05, 0) is 16.7 Å². The Kier molecular flexibility index (Phi) is 4.36. The smallest absolute Gasteiger partial charge is 0.140 e. The average molecular weight is 343 g/mol. The first-order valence-electron chi connectivity index (χ1n) is 8.11. The number of thioether (sulfide) groups is 1. The molecule has 4 heteroatoms. The van der Waals surface area contributed by atoms with Gasteiger partial charge in [-0.3, -0.25) is 0 Å². The predicted octanol–water partition coefficient (Wildman–Crippen LogP) is 4.89. The van der Waals surface area contributed by atoms with Gasteiger partial charge in [0.2, 0.25) is 0 Å². The zero-order valence-electron chi connectivity index (χ0n) is 13.5. The summed E-state index contributed by atoms with van der Waals surface area (Å²) in [7, 11) is 0.